The highest BCUT2D eigenvalue weighted by atomic mass is 16.5. The minimum atomic E-state index is -0.0670. The second kappa shape index (κ2) is 13.4. The zero-order valence-electron chi connectivity index (χ0n) is 21.2. The first-order valence-corrected chi connectivity index (χ1v) is 12.6. The van der Waals surface area contributed by atoms with E-state index in [0.29, 0.717) is 45.0 Å². The molecule has 0 fully saturated rings. The van der Waals surface area contributed by atoms with Gasteiger partial charge in [-0.25, -0.2) is 11.6 Å². The smallest absolute Gasteiger partial charge is 0.227 e. The summed E-state index contributed by atoms with van der Waals surface area (Å²) in [6, 6.07) is 28.0. The van der Waals surface area contributed by atoms with E-state index in [0.717, 1.165) is 28.3 Å². The minimum absolute atomic E-state index is 0.0328. The number of aromatic nitrogens is 1. The van der Waals surface area contributed by atoms with Crippen LogP contribution in [-0.2, 0) is 19.4 Å². The molecule has 4 aromatic rings. The van der Waals surface area contributed by atoms with Crippen LogP contribution >= 0.6 is 0 Å². The topological polar surface area (TPSA) is 63.1 Å². The van der Waals surface area contributed by atoms with Crippen molar-refractivity contribution in [2.45, 2.75) is 32.4 Å². The van der Waals surface area contributed by atoms with Crippen LogP contribution in [0, 0.1) is 13.5 Å². The summed E-state index contributed by atoms with van der Waals surface area (Å²) >= 11 is 0. The fourth-order valence-electron chi connectivity index (χ4n) is 4.32. The van der Waals surface area contributed by atoms with Crippen LogP contribution < -0.4 is 4.74 Å². The number of ether oxygens (including phenoxy) is 1. The number of nitrogens with zero attached hydrogens (tertiary/aromatic N) is 3. The van der Waals surface area contributed by atoms with Crippen LogP contribution in [0.3, 0.4) is 0 Å². The maximum atomic E-state index is 10.2. The summed E-state index contributed by atoms with van der Waals surface area (Å²) < 4.78 is 11.8. The summed E-state index contributed by atoms with van der Waals surface area (Å²) in [5.74, 6) is 2.24. The Morgan fingerprint density at radius 2 is 1.68 bits per heavy atom. The number of oxazole rings is 1. The van der Waals surface area contributed by atoms with Gasteiger partial charge in [-0.15, -0.1) is 0 Å². The van der Waals surface area contributed by atoms with Gasteiger partial charge in [0, 0.05) is 24.6 Å². The first-order chi connectivity index (χ1) is 18.2. The summed E-state index contributed by atoms with van der Waals surface area (Å²) in [6.45, 7) is 11.4. The Kier molecular flexibility index (Phi) is 9.47. The molecule has 0 saturated heterocycles. The van der Waals surface area contributed by atoms with Crippen molar-refractivity contribution in [3.05, 3.63) is 119 Å². The average Bonchev–Trinajstić information content (AvgIpc) is 3.32. The molecule has 1 aromatic heterocycles. The Labute approximate surface area is 219 Å². The predicted octanol–water partition coefficient (Wildman–Crippen LogP) is 5.60. The Hall–Kier alpha value is -3.92. The van der Waals surface area contributed by atoms with Crippen molar-refractivity contribution < 1.29 is 14.3 Å². The molecule has 6 nitrogen and oxygen atoms in total. The predicted molar refractivity (Wildman–Crippen MR) is 145 cm³/mol. The molecule has 0 spiro atoms. The number of aliphatic hydroxyl groups excluding tert-OH is 1. The highest BCUT2D eigenvalue weighted by Gasteiger charge is 2.20. The van der Waals surface area contributed by atoms with Gasteiger partial charge in [0.1, 0.15) is 11.5 Å². The molecule has 1 heterocycles. The lowest BCUT2D eigenvalue weighted by Gasteiger charge is -2.29. The summed E-state index contributed by atoms with van der Waals surface area (Å²) in [6.07, 6.45) is 1.36. The monoisotopic (exact) mass is 495 g/mol. The third kappa shape index (κ3) is 7.53. The van der Waals surface area contributed by atoms with Crippen LogP contribution in [0.15, 0.2) is 89.3 Å². The molecule has 0 radical (unpaired) electrons. The van der Waals surface area contributed by atoms with Crippen LogP contribution in [0.4, 0.5) is 0 Å². The highest BCUT2D eigenvalue weighted by Crippen LogP contribution is 2.22. The molecule has 3 aromatic carbocycles. The number of hydrogen-bond acceptors (Lipinski definition) is 5. The number of rotatable bonds is 13. The summed E-state index contributed by atoms with van der Waals surface area (Å²) in [5.41, 5.74) is 4.16. The second-order valence-corrected chi connectivity index (χ2v) is 9.01. The number of aliphatic hydroxyl groups is 1. The maximum absolute atomic E-state index is 10.2. The summed E-state index contributed by atoms with van der Waals surface area (Å²) in [5, 5.41) is 10.2. The van der Waals surface area contributed by atoms with E-state index < -0.39 is 0 Å². The molecular weight excluding hydrogens is 462 g/mol. The highest BCUT2D eigenvalue weighted by molar-refractivity contribution is 5.53. The SMILES string of the molecule is [C-]#[N+]CCN(Cc1ccccc1)[C@H](CO)Cc1ccc(OCCc2nc(-c3ccccc3)oc2C)cc1. The van der Waals surface area contributed by atoms with Crippen molar-refractivity contribution in [3.63, 3.8) is 0 Å². The van der Waals surface area contributed by atoms with Crippen molar-refractivity contribution in [3.8, 4) is 17.2 Å². The van der Waals surface area contributed by atoms with E-state index in [1.54, 1.807) is 0 Å². The lowest BCUT2D eigenvalue weighted by Crippen LogP contribution is -2.40. The molecule has 190 valence electrons. The average molecular weight is 496 g/mol. The fraction of sp³-hybridized carbons (Fsp3) is 0.290. The first kappa shape index (κ1) is 26.2. The lowest BCUT2D eigenvalue weighted by atomic mass is 10.0. The van der Waals surface area contributed by atoms with Gasteiger partial charge in [-0.05, 0) is 48.7 Å². The first-order valence-electron chi connectivity index (χ1n) is 12.6. The van der Waals surface area contributed by atoms with Gasteiger partial charge in [-0.2, -0.15) is 0 Å². The Morgan fingerprint density at radius 1 is 0.973 bits per heavy atom. The quantitative estimate of drug-likeness (QED) is 0.245. The zero-order chi connectivity index (χ0) is 25.9. The van der Waals surface area contributed by atoms with E-state index in [1.165, 1.54) is 5.56 Å². The third-order valence-electron chi connectivity index (χ3n) is 6.37. The van der Waals surface area contributed by atoms with Crippen molar-refractivity contribution in [2.75, 3.05) is 26.3 Å². The van der Waals surface area contributed by atoms with Crippen LogP contribution in [0.5, 0.6) is 5.75 Å². The van der Waals surface area contributed by atoms with Gasteiger partial charge >= 0.3 is 0 Å². The van der Waals surface area contributed by atoms with Crippen molar-refractivity contribution in [1.29, 1.82) is 0 Å². The number of benzene rings is 3. The molecule has 1 N–H and O–H groups in total. The molecule has 0 aliphatic rings. The molecule has 0 unspecified atom stereocenters. The summed E-state index contributed by atoms with van der Waals surface area (Å²) in [4.78, 5) is 10.4. The molecular formula is C31H33N3O3. The van der Waals surface area contributed by atoms with Gasteiger partial charge in [0.15, 0.2) is 0 Å². The zero-order valence-corrected chi connectivity index (χ0v) is 21.2. The van der Waals surface area contributed by atoms with Crippen molar-refractivity contribution in [2.24, 2.45) is 0 Å². The number of aryl methyl sites for hydroxylation is 1. The van der Waals surface area contributed by atoms with E-state index in [1.807, 2.05) is 79.7 Å². The molecule has 0 bridgehead atoms. The van der Waals surface area contributed by atoms with Crippen LogP contribution in [-0.4, -0.2) is 47.3 Å². The van der Waals surface area contributed by atoms with Crippen molar-refractivity contribution >= 4 is 0 Å². The fourth-order valence-corrected chi connectivity index (χ4v) is 4.32. The van der Waals surface area contributed by atoms with Crippen LogP contribution in [0.2, 0.25) is 0 Å². The Morgan fingerprint density at radius 3 is 2.35 bits per heavy atom. The third-order valence-corrected chi connectivity index (χ3v) is 6.37. The van der Waals surface area contributed by atoms with Crippen LogP contribution in [0.25, 0.3) is 16.3 Å². The van der Waals surface area contributed by atoms with Gasteiger partial charge in [0.25, 0.3) is 0 Å². The lowest BCUT2D eigenvalue weighted by molar-refractivity contribution is 0.120. The molecule has 0 aliphatic heterocycles. The normalized spacial score (nSPS) is 11.8. The van der Waals surface area contributed by atoms with E-state index >= 15 is 0 Å². The van der Waals surface area contributed by atoms with E-state index in [-0.39, 0.29) is 12.6 Å². The molecule has 1 atom stereocenters. The van der Waals surface area contributed by atoms with E-state index in [4.69, 9.17) is 15.7 Å². The molecule has 6 heteroatoms. The standard InChI is InChI=1S/C31H33N3O3/c1-24-30(33-31(37-24)27-11-7-4-8-12-27)17-20-36-29-15-13-25(14-16-29)21-28(23-35)34(19-18-32-2)22-26-9-5-3-6-10-26/h3-16,28,35H,17-23H2,1H3/t28-/m0/s1. The Bertz CT molecular complexity index is 1260. The van der Waals surface area contributed by atoms with E-state index in [2.05, 4.69) is 26.9 Å². The molecule has 37 heavy (non-hydrogen) atoms. The van der Waals surface area contributed by atoms with Crippen LogP contribution in [0.1, 0.15) is 22.6 Å². The van der Waals surface area contributed by atoms with Gasteiger partial charge < -0.3 is 19.1 Å². The minimum Gasteiger partial charge on any atom is -0.493 e. The summed E-state index contributed by atoms with van der Waals surface area (Å²) in [7, 11) is 0. The van der Waals surface area contributed by atoms with Gasteiger partial charge in [0.05, 0.1) is 25.5 Å². The van der Waals surface area contributed by atoms with Crippen molar-refractivity contribution in [1.82, 2.24) is 9.88 Å². The molecule has 0 amide bonds. The molecule has 0 aliphatic carbocycles. The Balaban J connectivity index is 1.32. The second-order valence-electron chi connectivity index (χ2n) is 9.01. The largest absolute Gasteiger partial charge is 0.493 e. The van der Waals surface area contributed by atoms with Gasteiger partial charge in [-0.3, -0.25) is 4.90 Å². The van der Waals surface area contributed by atoms with Gasteiger partial charge in [-0.1, -0.05) is 60.7 Å². The van der Waals surface area contributed by atoms with E-state index in [9.17, 15) is 5.11 Å². The molecule has 4 rings (SSSR count). The molecule has 0 saturated carbocycles. The maximum Gasteiger partial charge on any atom is 0.227 e. The van der Waals surface area contributed by atoms with Gasteiger partial charge in [0.2, 0.25) is 12.4 Å². The number of hydrogen-bond donors (Lipinski definition) is 1.